The van der Waals surface area contributed by atoms with Gasteiger partial charge in [-0.05, 0) is 80.6 Å². The van der Waals surface area contributed by atoms with Gasteiger partial charge in [-0.25, -0.2) is 14.1 Å². The number of ether oxygens (including phenoxy) is 1. The maximum atomic E-state index is 13.3. The highest BCUT2D eigenvalue weighted by Crippen LogP contribution is 2.30. The molecule has 0 unspecified atom stereocenters. The SMILES string of the molecule is CC(C)OC(=O)c1ccc(N2C(=O)C(Cl)=C(Nc3ccc(C(=O)Nc4ccc(F)c(Cl)c4)cc3)C2=O)cc1. The monoisotopic (exact) mass is 555 g/mol. The van der Waals surface area contributed by atoms with E-state index in [0.29, 0.717) is 11.4 Å². The molecular weight excluding hydrogens is 536 g/mol. The molecule has 8 nitrogen and oxygen atoms in total. The molecule has 0 aromatic heterocycles. The number of anilines is 3. The number of carbonyl (C=O) groups is 4. The number of benzene rings is 3. The average Bonchev–Trinajstić information content (AvgIpc) is 3.09. The number of imide groups is 1. The number of carbonyl (C=O) groups excluding carboxylic acids is 4. The third-order valence-electron chi connectivity index (χ3n) is 5.33. The Morgan fingerprint density at radius 2 is 1.47 bits per heavy atom. The molecule has 1 aliphatic heterocycles. The van der Waals surface area contributed by atoms with E-state index in [4.69, 9.17) is 27.9 Å². The van der Waals surface area contributed by atoms with E-state index in [2.05, 4.69) is 10.6 Å². The summed E-state index contributed by atoms with van der Waals surface area (Å²) >= 11 is 11.9. The Morgan fingerprint density at radius 3 is 2.08 bits per heavy atom. The molecule has 0 radical (unpaired) electrons. The Balaban J connectivity index is 1.44. The van der Waals surface area contributed by atoms with Gasteiger partial charge in [-0.1, -0.05) is 23.2 Å². The van der Waals surface area contributed by atoms with Crippen LogP contribution in [0.5, 0.6) is 0 Å². The van der Waals surface area contributed by atoms with Crippen molar-refractivity contribution in [2.75, 3.05) is 15.5 Å². The van der Waals surface area contributed by atoms with Gasteiger partial charge in [-0.3, -0.25) is 14.4 Å². The van der Waals surface area contributed by atoms with E-state index in [1.54, 1.807) is 13.8 Å². The predicted molar refractivity (Wildman–Crippen MR) is 142 cm³/mol. The van der Waals surface area contributed by atoms with Crippen LogP contribution in [0, 0.1) is 5.82 Å². The van der Waals surface area contributed by atoms with Crippen molar-refractivity contribution in [2.24, 2.45) is 0 Å². The molecule has 3 aromatic carbocycles. The molecule has 0 bridgehead atoms. The highest BCUT2D eigenvalue weighted by Gasteiger charge is 2.39. The van der Waals surface area contributed by atoms with Gasteiger partial charge in [0.15, 0.2) is 0 Å². The van der Waals surface area contributed by atoms with Crippen molar-refractivity contribution >= 4 is 64.0 Å². The fourth-order valence-electron chi connectivity index (χ4n) is 3.50. The molecule has 0 atom stereocenters. The van der Waals surface area contributed by atoms with E-state index in [1.165, 1.54) is 60.7 Å². The zero-order chi connectivity index (χ0) is 27.6. The largest absolute Gasteiger partial charge is 0.459 e. The topological polar surface area (TPSA) is 105 Å². The molecule has 3 aromatic rings. The van der Waals surface area contributed by atoms with Gasteiger partial charge < -0.3 is 15.4 Å². The maximum absolute atomic E-state index is 13.3. The van der Waals surface area contributed by atoms with Gasteiger partial charge in [0.2, 0.25) is 0 Å². The summed E-state index contributed by atoms with van der Waals surface area (Å²) in [6.07, 6.45) is -0.294. The first kappa shape index (κ1) is 26.8. The molecule has 0 saturated carbocycles. The summed E-state index contributed by atoms with van der Waals surface area (Å²) in [6, 6.07) is 15.6. The highest BCUT2D eigenvalue weighted by molar-refractivity contribution is 6.53. The molecule has 38 heavy (non-hydrogen) atoms. The normalized spacial score (nSPS) is 13.3. The molecule has 1 heterocycles. The summed E-state index contributed by atoms with van der Waals surface area (Å²) in [5, 5.41) is 4.99. The Morgan fingerprint density at radius 1 is 0.868 bits per heavy atom. The minimum absolute atomic E-state index is 0.123. The Kier molecular flexibility index (Phi) is 7.80. The van der Waals surface area contributed by atoms with E-state index in [-0.39, 0.29) is 38.7 Å². The van der Waals surface area contributed by atoms with Crippen LogP contribution in [0.1, 0.15) is 34.6 Å². The zero-order valence-corrected chi connectivity index (χ0v) is 21.6. The quantitative estimate of drug-likeness (QED) is 0.285. The first-order valence-corrected chi connectivity index (χ1v) is 12.0. The van der Waals surface area contributed by atoms with Crippen molar-refractivity contribution in [3.63, 3.8) is 0 Å². The number of rotatable bonds is 7. The molecule has 11 heteroatoms. The second-order valence-corrected chi connectivity index (χ2v) is 9.21. The molecule has 3 amide bonds. The minimum atomic E-state index is -0.731. The molecule has 194 valence electrons. The van der Waals surface area contributed by atoms with Crippen LogP contribution < -0.4 is 15.5 Å². The summed E-state index contributed by atoms with van der Waals surface area (Å²) in [5.74, 6) is -3.01. The summed E-state index contributed by atoms with van der Waals surface area (Å²) in [4.78, 5) is 51.2. The van der Waals surface area contributed by atoms with Gasteiger partial charge in [0.1, 0.15) is 16.5 Å². The third-order valence-corrected chi connectivity index (χ3v) is 5.97. The standard InChI is InChI=1S/C27H20Cl2FN3O5/c1-14(2)38-27(37)16-5-10-19(11-6-16)33-25(35)22(29)23(26(33)36)31-17-7-3-15(4-8-17)24(34)32-18-9-12-21(30)20(28)13-18/h3-14,31H,1-2H3,(H,32,34). The molecule has 0 spiro atoms. The van der Waals surface area contributed by atoms with E-state index in [0.717, 1.165) is 11.0 Å². The van der Waals surface area contributed by atoms with Crippen molar-refractivity contribution < 1.29 is 28.3 Å². The van der Waals surface area contributed by atoms with Crippen LogP contribution in [0.15, 0.2) is 77.5 Å². The third kappa shape index (κ3) is 5.69. The summed E-state index contributed by atoms with van der Waals surface area (Å²) < 4.78 is 18.5. The van der Waals surface area contributed by atoms with E-state index in [9.17, 15) is 23.6 Å². The lowest BCUT2D eigenvalue weighted by Gasteiger charge is -2.16. The summed E-state index contributed by atoms with van der Waals surface area (Å²) in [6.45, 7) is 3.45. The Bertz CT molecular complexity index is 1470. The minimum Gasteiger partial charge on any atom is -0.459 e. The number of nitrogens with one attached hydrogen (secondary N) is 2. The van der Waals surface area contributed by atoms with Gasteiger partial charge in [0.05, 0.1) is 22.4 Å². The van der Waals surface area contributed by atoms with E-state index < -0.39 is 29.5 Å². The molecule has 0 fully saturated rings. The lowest BCUT2D eigenvalue weighted by molar-refractivity contribution is -0.120. The van der Waals surface area contributed by atoms with Gasteiger partial charge in [-0.15, -0.1) is 0 Å². The molecule has 0 aliphatic carbocycles. The summed E-state index contributed by atoms with van der Waals surface area (Å²) in [5.41, 5.74) is 1.35. The zero-order valence-electron chi connectivity index (χ0n) is 20.1. The second kappa shape index (κ2) is 11.0. The van der Waals surface area contributed by atoms with Crippen molar-refractivity contribution in [3.8, 4) is 0 Å². The van der Waals surface area contributed by atoms with Crippen LogP contribution >= 0.6 is 23.2 Å². The van der Waals surface area contributed by atoms with Crippen molar-refractivity contribution in [1.82, 2.24) is 0 Å². The highest BCUT2D eigenvalue weighted by atomic mass is 35.5. The predicted octanol–water partition coefficient (Wildman–Crippen LogP) is 5.73. The molecule has 0 saturated heterocycles. The van der Waals surface area contributed by atoms with E-state index in [1.807, 2.05) is 0 Å². The lowest BCUT2D eigenvalue weighted by atomic mass is 10.2. The second-order valence-electron chi connectivity index (χ2n) is 8.42. The van der Waals surface area contributed by atoms with Gasteiger partial charge in [0, 0.05) is 16.9 Å². The smallest absolute Gasteiger partial charge is 0.338 e. The molecule has 4 rings (SSSR count). The van der Waals surface area contributed by atoms with Crippen LogP contribution in [0.3, 0.4) is 0 Å². The van der Waals surface area contributed by atoms with Crippen LogP contribution in [-0.4, -0.2) is 29.8 Å². The van der Waals surface area contributed by atoms with Crippen molar-refractivity contribution in [2.45, 2.75) is 20.0 Å². The lowest BCUT2D eigenvalue weighted by Crippen LogP contribution is -2.32. The van der Waals surface area contributed by atoms with Gasteiger partial charge >= 0.3 is 5.97 Å². The van der Waals surface area contributed by atoms with Crippen molar-refractivity contribution in [3.05, 3.63) is 99.4 Å². The number of halogens is 3. The van der Waals surface area contributed by atoms with Gasteiger partial charge in [-0.2, -0.15) is 0 Å². The van der Waals surface area contributed by atoms with Crippen molar-refractivity contribution in [1.29, 1.82) is 0 Å². The first-order chi connectivity index (χ1) is 18.0. The van der Waals surface area contributed by atoms with Crippen LogP contribution in [0.25, 0.3) is 0 Å². The average molecular weight is 556 g/mol. The fourth-order valence-corrected chi connectivity index (χ4v) is 3.89. The number of hydrogen-bond acceptors (Lipinski definition) is 6. The van der Waals surface area contributed by atoms with Crippen LogP contribution in [0.2, 0.25) is 5.02 Å². The number of nitrogens with zero attached hydrogens (tertiary/aromatic N) is 1. The number of esters is 1. The number of hydrogen-bond donors (Lipinski definition) is 2. The Labute approximate surface area is 227 Å². The number of amides is 3. The summed E-state index contributed by atoms with van der Waals surface area (Å²) in [7, 11) is 0. The molecule has 1 aliphatic rings. The van der Waals surface area contributed by atoms with Gasteiger partial charge in [0.25, 0.3) is 17.7 Å². The fraction of sp³-hybridized carbons (Fsp3) is 0.111. The first-order valence-electron chi connectivity index (χ1n) is 11.3. The Hall–Kier alpha value is -4.21. The van der Waals surface area contributed by atoms with Crippen LogP contribution in [-0.2, 0) is 14.3 Å². The molecular formula is C27H20Cl2FN3O5. The molecule has 2 N–H and O–H groups in total. The van der Waals surface area contributed by atoms with E-state index >= 15 is 0 Å². The van der Waals surface area contributed by atoms with Crippen LogP contribution in [0.4, 0.5) is 21.5 Å². The maximum Gasteiger partial charge on any atom is 0.338 e.